The Balaban J connectivity index is 1.54. The van der Waals surface area contributed by atoms with Crippen LogP contribution in [-0.4, -0.2) is 57.6 Å². The molecule has 0 spiro atoms. The number of anilines is 1. The highest BCUT2D eigenvalue weighted by atomic mass is 32.2. The zero-order chi connectivity index (χ0) is 19.4. The maximum Gasteiger partial charge on any atom is 0.227 e. The topological polar surface area (TPSA) is 86.8 Å². The number of sulfonamides is 1. The van der Waals surface area contributed by atoms with E-state index in [0.29, 0.717) is 32.5 Å². The van der Waals surface area contributed by atoms with E-state index in [1.165, 1.54) is 0 Å². The van der Waals surface area contributed by atoms with Crippen molar-refractivity contribution >= 4 is 27.5 Å². The summed E-state index contributed by atoms with van der Waals surface area (Å²) in [6, 6.07) is 7.62. The van der Waals surface area contributed by atoms with Gasteiger partial charge in [0.15, 0.2) is 0 Å². The van der Waals surface area contributed by atoms with Gasteiger partial charge in [-0.05, 0) is 42.9 Å². The highest BCUT2D eigenvalue weighted by Crippen LogP contribution is 2.22. The van der Waals surface area contributed by atoms with Gasteiger partial charge in [0, 0.05) is 38.3 Å². The first-order valence-corrected chi connectivity index (χ1v) is 11.3. The lowest BCUT2D eigenvalue weighted by atomic mass is 9.97. The van der Waals surface area contributed by atoms with Gasteiger partial charge in [-0.1, -0.05) is 12.1 Å². The van der Waals surface area contributed by atoms with Crippen LogP contribution in [0.3, 0.4) is 0 Å². The van der Waals surface area contributed by atoms with Crippen LogP contribution in [0, 0.1) is 5.92 Å². The predicted molar refractivity (Wildman–Crippen MR) is 104 cm³/mol. The normalized spacial score (nSPS) is 20.9. The van der Waals surface area contributed by atoms with Crippen molar-refractivity contribution in [3.8, 4) is 0 Å². The third kappa shape index (κ3) is 5.52. The van der Waals surface area contributed by atoms with Crippen molar-refractivity contribution in [3.05, 3.63) is 29.8 Å². The molecule has 0 saturated carbocycles. The molecule has 1 aromatic rings. The molecule has 2 aliphatic heterocycles. The minimum atomic E-state index is -3.21. The summed E-state index contributed by atoms with van der Waals surface area (Å²) < 4.78 is 25.1. The Morgan fingerprint density at radius 2 is 1.93 bits per heavy atom. The standard InChI is InChI=1S/C19H27N3O4S/c1-27(25,26)20-13-16-4-2-10-21(14-16)19(24)12-15-6-8-17(9-7-15)22-11-3-5-18(22)23/h6-9,16,20H,2-5,10-14H2,1H3. The number of likely N-dealkylation sites (tertiary alicyclic amines) is 1. The quantitative estimate of drug-likeness (QED) is 0.785. The predicted octanol–water partition coefficient (Wildman–Crippen LogP) is 1.14. The molecule has 2 saturated heterocycles. The third-order valence-electron chi connectivity index (χ3n) is 5.18. The van der Waals surface area contributed by atoms with Gasteiger partial charge in [0.2, 0.25) is 21.8 Å². The number of benzene rings is 1. The molecule has 2 heterocycles. The Morgan fingerprint density at radius 3 is 2.56 bits per heavy atom. The van der Waals surface area contributed by atoms with Gasteiger partial charge in [-0.2, -0.15) is 0 Å². The molecule has 3 rings (SSSR count). The SMILES string of the molecule is CS(=O)(=O)NCC1CCCN(C(=O)Cc2ccc(N3CCCC3=O)cc2)C1. The van der Waals surface area contributed by atoms with Crippen molar-refractivity contribution in [1.82, 2.24) is 9.62 Å². The number of hydrogen-bond donors (Lipinski definition) is 1. The molecule has 8 heteroatoms. The van der Waals surface area contributed by atoms with E-state index in [0.717, 1.165) is 43.3 Å². The Bertz CT molecular complexity index is 792. The summed E-state index contributed by atoms with van der Waals surface area (Å²) in [5, 5.41) is 0. The minimum Gasteiger partial charge on any atom is -0.342 e. The molecule has 0 aliphatic carbocycles. The number of piperidine rings is 1. The maximum absolute atomic E-state index is 12.6. The smallest absolute Gasteiger partial charge is 0.227 e. The molecule has 1 aromatic carbocycles. The van der Waals surface area contributed by atoms with E-state index in [1.54, 1.807) is 4.90 Å². The van der Waals surface area contributed by atoms with Crippen molar-refractivity contribution in [2.24, 2.45) is 5.92 Å². The van der Waals surface area contributed by atoms with Crippen LogP contribution < -0.4 is 9.62 Å². The highest BCUT2D eigenvalue weighted by Gasteiger charge is 2.25. The summed E-state index contributed by atoms with van der Waals surface area (Å²) in [4.78, 5) is 28.1. The maximum atomic E-state index is 12.6. The Morgan fingerprint density at radius 1 is 1.19 bits per heavy atom. The average molecular weight is 394 g/mol. The molecule has 1 unspecified atom stereocenters. The number of amides is 2. The van der Waals surface area contributed by atoms with Crippen LogP contribution in [0.15, 0.2) is 24.3 Å². The van der Waals surface area contributed by atoms with E-state index in [-0.39, 0.29) is 17.7 Å². The van der Waals surface area contributed by atoms with Gasteiger partial charge in [-0.3, -0.25) is 9.59 Å². The van der Waals surface area contributed by atoms with Crippen molar-refractivity contribution in [2.45, 2.75) is 32.1 Å². The Kier molecular flexibility index (Phi) is 6.16. The van der Waals surface area contributed by atoms with Gasteiger partial charge < -0.3 is 9.80 Å². The second-order valence-electron chi connectivity index (χ2n) is 7.46. The van der Waals surface area contributed by atoms with Gasteiger partial charge in [0.1, 0.15) is 0 Å². The summed E-state index contributed by atoms with van der Waals surface area (Å²) in [7, 11) is -3.21. The molecule has 1 atom stereocenters. The van der Waals surface area contributed by atoms with Gasteiger partial charge in [-0.25, -0.2) is 13.1 Å². The Labute approximate surface area is 160 Å². The van der Waals surface area contributed by atoms with E-state index < -0.39 is 10.0 Å². The van der Waals surface area contributed by atoms with E-state index >= 15 is 0 Å². The van der Waals surface area contributed by atoms with Crippen molar-refractivity contribution in [2.75, 3.05) is 37.3 Å². The number of hydrogen-bond acceptors (Lipinski definition) is 4. The van der Waals surface area contributed by atoms with Crippen LogP contribution in [-0.2, 0) is 26.0 Å². The fourth-order valence-corrected chi connectivity index (χ4v) is 4.27. The Hall–Kier alpha value is -1.93. The lowest BCUT2D eigenvalue weighted by Crippen LogP contribution is -2.44. The molecule has 148 valence electrons. The first-order valence-electron chi connectivity index (χ1n) is 9.43. The van der Waals surface area contributed by atoms with E-state index in [2.05, 4.69) is 4.72 Å². The monoisotopic (exact) mass is 393 g/mol. The van der Waals surface area contributed by atoms with Gasteiger partial charge >= 0.3 is 0 Å². The molecule has 2 amide bonds. The van der Waals surface area contributed by atoms with Crippen molar-refractivity contribution in [3.63, 3.8) is 0 Å². The zero-order valence-electron chi connectivity index (χ0n) is 15.7. The van der Waals surface area contributed by atoms with E-state index in [9.17, 15) is 18.0 Å². The number of carbonyl (C=O) groups is 2. The molecule has 0 aromatic heterocycles. The van der Waals surface area contributed by atoms with Crippen molar-refractivity contribution in [1.29, 1.82) is 0 Å². The molecule has 7 nitrogen and oxygen atoms in total. The largest absolute Gasteiger partial charge is 0.342 e. The van der Waals surface area contributed by atoms with Crippen LogP contribution in [0.2, 0.25) is 0 Å². The first kappa shape index (κ1) is 19.8. The van der Waals surface area contributed by atoms with Gasteiger partial charge in [0.05, 0.1) is 12.7 Å². The van der Waals surface area contributed by atoms with Crippen LogP contribution in [0.25, 0.3) is 0 Å². The number of carbonyl (C=O) groups excluding carboxylic acids is 2. The lowest BCUT2D eigenvalue weighted by molar-refractivity contribution is -0.132. The van der Waals surface area contributed by atoms with Crippen LogP contribution in [0.5, 0.6) is 0 Å². The zero-order valence-corrected chi connectivity index (χ0v) is 16.5. The fourth-order valence-electron chi connectivity index (χ4n) is 3.73. The molecule has 1 N–H and O–H groups in total. The first-order chi connectivity index (χ1) is 12.8. The third-order valence-corrected chi connectivity index (χ3v) is 5.87. The average Bonchev–Trinajstić information content (AvgIpc) is 3.06. The molecule has 27 heavy (non-hydrogen) atoms. The van der Waals surface area contributed by atoms with E-state index in [1.807, 2.05) is 29.2 Å². The molecule has 2 fully saturated rings. The van der Waals surface area contributed by atoms with E-state index in [4.69, 9.17) is 0 Å². The molecular weight excluding hydrogens is 366 g/mol. The molecular formula is C19H27N3O4S. The summed E-state index contributed by atoms with van der Waals surface area (Å²) in [5.41, 5.74) is 1.81. The summed E-state index contributed by atoms with van der Waals surface area (Å²) in [6.45, 7) is 2.44. The fraction of sp³-hybridized carbons (Fsp3) is 0.579. The van der Waals surface area contributed by atoms with Crippen molar-refractivity contribution < 1.29 is 18.0 Å². The molecule has 0 radical (unpaired) electrons. The van der Waals surface area contributed by atoms with Gasteiger partial charge in [0.25, 0.3) is 0 Å². The number of rotatable bonds is 6. The number of nitrogens with zero attached hydrogens (tertiary/aromatic N) is 2. The van der Waals surface area contributed by atoms with Gasteiger partial charge in [-0.15, -0.1) is 0 Å². The molecule has 0 bridgehead atoms. The van der Waals surface area contributed by atoms with Crippen LogP contribution >= 0.6 is 0 Å². The second kappa shape index (κ2) is 8.39. The highest BCUT2D eigenvalue weighted by molar-refractivity contribution is 7.88. The second-order valence-corrected chi connectivity index (χ2v) is 9.29. The number of nitrogens with one attached hydrogen (secondary N) is 1. The molecule has 2 aliphatic rings. The summed E-state index contributed by atoms with van der Waals surface area (Å²) in [6.07, 6.45) is 4.77. The van der Waals surface area contributed by atoms with Crippen LogP contribution in [0.1, 0.15) is 31.2 Å². The lowest BCUT2D eigenvalue weighted by Gasteiger charge is -2.33. The summed E-state index contributed by atoms with van der Waals surface area (Å²) in [5.74, 6) is 0.367. The summed E-state index contributed by atoms with van der Waals surface area (Å²) >= 11 is 0. The van der Waals surface area contributed by atoms with Crippen LogP contribution in [0.4, 0.5) is 5.69 Å². The minimum absolute atomic E-state index is 0.0593.